The number of carbonyl (C=O) groups is 2. The Balaban J connectivity index is 1.49. The van der Waals surface area contributed by atoms with Gasteiger partial charge in [-0.3, -0.25) is 19.4 Å². The van der Waals surface area contributed by atoms with E-state index in [9.17, 15) is 23.5 Å². The molecule has 2 aliphatic rings. The molecule has 0 aromatic heterocycles. The smallest absolute Gasteiger partial charge is 0.250 e. The molecule has 2 fully saturated rings. The first-order valence-electron chi connectivity index (χ1n) is 10.3. The second kappa shape index (κ2) is 8.95. The number of nitrogens with one attached hydrogen (secondary N) is 2. The number of nitrogens with zero attached hydrogens (tertiary/aromatic N) is 2. The Bertz CT molecular complexity index is 794. The van der Waals surface area contributed by atoms with Gasteiger partial charge in [0.2, 0.25) is 11.8 Å². The van der Waals surface area contributed by atoms with Crippen LogP contribution in [0.5, 0.6) is 0 Å². The Labute approximate surface area is 175 Å². The third-order valence-electron chi connectivity index (χ3n) is 5.72. The highest BCUT2D eigenvalue weighted by Crippen LogP contribution is 2.30. The van der Waals surface area contributed by atoms with Gasteiger partial charge in [0, 0.05) is 63.9 Å². The van der Waals surface area contributed by atoms with Gasteiger partial charge in [-0.1, -0.05) is 6.07 Å². The molecule has 0 radical (unpaired) electrons. The second-order valence-corrected chi connectivity index (χ2v) is 8.58. The fourth-order valence-corrected chi connectivity index (χ4v) is 4.09. The molecule has 0 unspecified atom stereocenters. The highest BCUT2D eigenvalue weighted by Gasteiger charge is 2.41. The molecule has 0 aliphatic carbocycles. The van der Waals surface area contributed by atoms with E-state index in [1.165, 1.54) is 6.92 Å². The summed E-state index contributed by atoms with van der Waals surface area (Å²) < 4.78 is 26.6. The molecule has 2 heterocycles. The molecule has 2 aliphatic heterocycles. The summed E-state index contributed by atoms with van der Waals surface area (Å²) >= 11 is 0. The maximum Gasteiger partial charge on any atom is 0.250 e. The van der Waals surface area contributed by atoms with Crippen LogP contribution >= 0.6 is 0 Å². The van der Waals surface area contributed by atoms with E-state index in [2.05, 4.69) is 10.6 Å². The van der Waals surface area contributed by atoms with Crippen LogP contribution in [0.15, 0.2) is 18.2 Å². The molecule has 0 saturated carbocycles. The number of carbonyl (C=O) groups excluding carboxylic acids is 2. The number of benzene rings is 1. The number of rotatable bonds is 6. The van der Waals surface area contributed by atoms with Crippen molar-refractivity contribution in [2.24, 2.45) is 0 Å². The number of likely N-dealkylation sites (tertiary alicyclic amines) is 2. The molecule has 1 aromatic rings. The SMILES string of the molecule is CC(=O)Nc1cc(NC(=O)CN2CC[C@](O)(CN3CCC(F)(F)CC3)C2)ccc1C. The van der Waals surface area contributed by atoms with Gasteiger partial charge >= 0.3 is 0 Å². The Hall–Kier alpha value is -2.10. The van der Waals surface area contributed by atoms with Crippen LogP contribution in [0.3, 0.4) is 0 Å². The Kier molecular flexibility index (Phi) is 6.74. The van der Waals surface area contributed by atoms with Crippen LogP contribution in [0.1, 0.15) is 31.7 Å². The number of aliphatic hydroxyl groups is 1. The standard InChI is InChI=1S/C21H30F2N4O3/c1-15-3-4-17(11-18(15)24-16(2)28)25-19(29)12-27-8-5-20(30,14-27)13-26-9-6-21(22,23)7-10-26/h3-4,11,30H,5-10,12-14H2,1-2H3,(H,24,28)(H,25,29)/t20-/m0/s1. The molecule has 0 bridgehead atoms. The van der Waals surface area contributed by atoms with Gasteiger partial charge in [-0.15, -0.1) is 0 Å². The summed E-state index contributed by atoms with van der Waals surface area (Å²) in [5.41, 5.74) is 1.12. The minimum Gasteiger partial charge on any atom is -0.387 e. The first-order chi connectivity index (χ1) is 14.0. The highest BCUT2D eigenvalue weighted by atomic mass is 19.3. The largest absolute Gasteiger partial charge is 0.387 e. The molecule has 0 spiro atoms. The minimum atomic E-state index is -2.60. The topological polar surface area (TPSA) is 84.9 Å². The van der Waals surface area contributed by atoms with E-state index in [-0.39, 0.29) is 44.3 Å². The lowest BCUT2D eigenvalue weighted by Crippen LogP contribution is -2.49. The number of amides is 2. The first-order valence-corrected chi connectivity index (χ1v) is 10.3. The Morgan fingerprint density at radius 2 is 1.77 bits per heavy atom. The molecule has 30 heavy (non-hydrogen) atoms. The van der Waals surface area contributed by atoms with Crippen molar-refractivity contribution < 1.29 is 23.5 Å². The van der Waals surface area contributed by atoms with Gasteiger partial charge in [0.15, 0.2) is 0 Å². The molecule has 2 saturated heterocycles. The monoisotopic (exact) mass is 424 g/mol. The van der Waals surface area contributed by atoms with Crippen LogP contribution < -0.4 is 10.6 Å². The number of hydrogen-bond donors (Lipinski definition) is 3. The summed E-state index contributed by atoms with van der Waals surface area (Å²) in [5, 5.41) is 16.4. The van der Waals surface area contributed by atoms with E-state index in [1.807, 2.05) is 22.8 Å². The fraction of sp³-hybridized carbons (Fsp3) is 0.619. The fourth-order valence-electron chi connectivity index (χ4n) is 4.09. The van der Waals surface area contributed by atoms with Crippen molar-refractivity contribution in [1.82, 2.24) is 9.80 Å². The number of anilines is 2. The van der Waals surface area contributed by atoms with Crippen molar-refractivity contribution in [3.8, 4) is 0 Å². The zero-order chi connectivity index (χ0) is 21.9. The van der Waals surface area contributed by atoms with Gasteiger partial charge in [-0.2, -0.15) is 0 Å². The zero-order valence-electron chi connectivity index (χ0n) is 17.5. The average Bonchev–Trinajstić information content (AvgIpc) is 2.99. The lowest BCUT2D eigenvalue weighted by molar-refractivity contribution is -0.117. The maximum atomic E-state index is 13.3. The predicted octanol–water partition coefficient (Wildman–Crippen LogP) is 2.06. The van der Waals surface area contributed by atoms with Crippen LogP contribution in [-0.4, -0.2) is 77.5 Å². The van der Waals surface area contributed by atoms with Crippen LogP contribution in [0.25, 0.3) is 0 Å². The molecule has 9 heteroatoms. The molecule has 2 amide bonds. The van der Waals surface area contributed by atoms with Crippen molar-refractivity contribution in [3.63, 3.8) is 0 Å². The summed E-state index contributed by atoms with van der Waals surface area (Å²) in [5.74, 6) is -3.00. The summed E-state index contributed by atoms with van der Waals surface area (Å²) in [6, 6.07) is 5.30. The summed E-state index contributed by atoms with van der Waals surface area (Å²) in [7, 11) is 0. The number of β-amino-alcohol motifs (C(OH)–C–C–N with tert-alkyl or cyclic N) is 1. The van der Waals surface area contributed by atoms with Gasteiger partial charge in [-0.25, -0.2) is 8.78 Å². The second-order valence-electron chi connectivity index (χ2n) is 8.58. The van der Waals surface area contributed by atoms with E-state index < -0.39 is 11.5 Å². The molecule has 3 rings (SSSR count). The van der Waals surface area contributed by atoms with Crippen LogP contribution in [0.4, 0.5) is 20.2 Å². The van der Waals surface area contributed by atoms with Crippen molar-refractivity contribution in [2.45, 2.75) is 44.6 Å². The van der Waals surface area contributed by atoms with Gasteiger partial charge in [0.25, 0.3) is 5.92 Å². The first kappa shape index (κ1) is 22.6. The number of hydrogen-bond acceptors (Lipinski definition) is 5. The van der Waals surface area contributed by atoms with Crippen LogP contribution in [0, 0.1) is 6.92 Å². The van der Waals surface area contributed by atoms with E-state index in [4.69, 9.17) is 0 Å². The van der Waals surface area contributed by atoms with Crippen LogP contribution in [-0.2, 0) is 9.59 Å². The number of piperidine rings is 1. The van der Waals surface area contributed by atoms with E-state index in [0.717, 1.165) is 5.56 Å². The van der Waals surface area contributed by atoms with Crippen molar-refractivity contribution in [2.75, 3.05) is 49.9 Å². The van der Waals surface area contributed by atoms with Gasteiger partial charge in [0.1, 0.15) is 0 Å². The van der Waals surface area contributed by atoms with E-state index in [1.54, 1.807) is 12.1 Å². The summed E-state index contributed by atoms with van der Waals surface area (Å²) in [6.45, 7) is 5.22. The van der Waals surface area contributed by atoms with Crippen LogP contribution in [0.2, 0.25) is 0 Å². The number of alkyl halides is 2. The average molecular weight is 424 g/mol. The predicted molar refractivity (Wildman–Crippen MR) is 111 cm³/mol. The van der Waals surface area contributed by atoms with E-state index in [0.29, 0.717) is 37.4 Å². The molecular weight excluding hydrogens is 394 g/mol. The normalized spacial score (nSPS) is 24.6. The van der Waals surface area contributed by atoms with Crippen molar-refractivity contribution in [3.05, 3.63) is 23.8 Å². The van der Waals surface area contributed by atoms with Crippen molar-refractivity contribution >= 4 is 23.2 Å². The Morgan fingerprint density at radius 3 is 2.43 bits per heavy atom. The molecule has 1 atom stereocenters. The third kappa shape index (κ3) is 6.20. The molecule has 166 valence electrons. The quantitative estimate of drug-likeness (QED) is 0.651. The summed E-state index contributed by atoms with van der Waals surface area (Å²) in [6.07, 6.45) is 0.156. The van der Waals surface area contributed by atoms with Gasteiger partial charge in [-0.05, 0) is 31.0 Å². The lowest BCUT2D eigenvalue weighted by Gasteiger charge is -2.36. The highest BCUT2D eigenvalue weighted by molar-refractivity contribution is 5.94. The zero-order valence-corrected chi connectivity index (χ0v) is 17.5. The molecular formula is C21H30F2N4O3. The molecule has 1 aromatic carbocycles. The van der Waals surface area contributed by atoms with Gasteiger partial charge in [0.05, 0.1) is 12.1 Å². The lowest BCUT2D eigenvalue weighted by atomic mass is 10.00. The maximum absolute atomic E-state index is 13.3. The number of aryl methyl sites for hydroxylation is 1. The Morgan fingerprint density at radius 1 is 1.10 bits per heavy atom. The summed E-state index contributed by atoms with van der Waals surface area (Å²) in [4.78, 5) is 27.5. The van der Waals surface area contributed by atoms with Crippen molar-refractivity contribution in [1.29, 1.82) is 0 Å². The van der Waals surface area contributed by atoms with Gasteiger partial charge < -0.3 is 15.7 Å². The van der Waals surface area contributed by atoms with E-state index >= 15 is 0 Å². The third-order valence-corrected chi connectivity index (χ3v) is 5.72. The molecule has 7 nitrogen and oxygen atoms in total. The number of halogens is 2. The minimum absolute atomic E-state index is 0.129. The molecule has 3 N–H and O–H groups in total.